The van der Waals surface area contributed by atoms with E-state index in [1.54, 1.807) is 0 Å². The van der Waals surface area contributed by atoms with Crippen molar-refractivity contribution in [3.63, 3.8) is 0 Å². The van der Waals surface area contributed by atoms with Crippen LogP contribution in [0.3, 0.4) is 0 Å². The standard InChI is InChI=1S/C53H86O6/c1-4-7-10-13-16-19-22-24-26-28-31-34-37-40-43-46-52(55)58-49-50(48-57-51(54)45-42-39-36-33-30-21-18-15-12-9-6-3)59-53(56)47-44-41-38-35-32-29-27-25-23-20-17-14-11-8-5-2/h7-8,10-11,13-14,16-17,19-20,22-27,50H,4-6,9,12,15,18,21,28-49H2,1-3H3/b10-7-,11-8-,16-13-,17-14-,22-19-,23-20-,26-24-,27-25-. The third kappa shape index (κ3) is 45.3. The van der Waals surface area contributed by atoms with Gasteiger partial charge in [-0.25, -0.2) is 0 Å². The molecular weight excluding hydrogens is 733 g/mol. The molecule has 6 heteroatoms. The summed E-state index contributed by atoms with van der Waals surface area (Å²) < 4.78 is 16.7. The summed E-state index contributed by atoms with van der Waals surface area (Å²) in [5.41, 5.74) is 0. The van der Waals surface area contributed by atoms with Crippen molar-refractivity contribution in [3.05, 3.63) is 97.2 Å². The third-order valence-electron chi connectivity index (χ3n) is 9.77. The minimum atomic E-state index is -0.798. The van der Waals surface area contributed by atoms with Crippen LogP contribution in [0, 0.1) is 0 Å². The smallest absolute Gasteiger partial charge is 0.306 e. The minimum absolute atomic E-state index is 0.0952. The second-order valence-electron chi connectivity index (χ2n) is 15.4. The quantitative estimate of drug-likeness (QED) is 0.0265. The summed E-state index contributed by atoms with van der Waals surface area (Å²) in [6.45, 7) is 6.29. The lowest BCUT2D eigenvalue weighted by Gasteiger charge is -2.18. The lowest BCUT2D eigenvalue weighted by molar-refractivity contribution is -0.167. The highest BCUT2D eigenvalue weighted by atomic mass is 16.6. The molecule has 0 aromatic rings. The van der Waals surface area contributed by atoms with Crippen molar-refractivity contribution in [2.24, 2.45) is 0 Å². The molecule has 0 amide bonds. The van der Waals surface area contributed by atoms with Crippen LogP contribution < -0.4 is 0 Å². The van der Waals surface area contributed by atoms with Crippen molar-refractivity contribution in [1.29, 1.82) is 0 Å². The first-order valence-corrected chi connectivity index (χ1v) is 23.8. The molecule has 6 nitrogen and oxygen atoms in total. The molecule has 0 aliphatic carbocycles. The number of esters is 3. The van der Waals surface area contributed by atoms with Crippen molar-refractivity contribution < 1.29 is 28.6 Å². The van der Waals surface area contributed by atoms with Crippen molar-refractivity contribution in [2.45, 2.75) is 207 Å². The Hall–Kier alpha value is -3.67. The van der Waals surface area contributed by atoms with E-state index in [-0.39, 0.29) is 31.1 Å². The van der Waals surface area contributed by atoms with Crippen LogP contribution in [0.5, 0.6) is 0 Å². The SMILES string of the molecule is CC\C=C/C=C\C=C/C=C\CCCCCCCC(=O)OCC(COC(=O)CCCCCCCCCCCCC)OC(=O)CCCCCCC\C=C/C=C\C=C/C=C\CC. The van der Waals surface area contributed by atoms with Crippen molar-refractivity contribution >= 4 is 17.9 Å². The summed E-state index contributed by atoms with van der Waals surface area (Å²) in [7, 11) is 0. The van der Waals surface area contributed by atoms with E-state index in [1.165, 1.54) is 51.4 Å². The molecule has 0 aromatic heterocycles. The van der Waals surface area contributed by atoms with E-state index in [4.69, 9.17) is 14.2 Å². The second kappa shape index (κ2) is 47.0. The first kappa shape index (κ1) is 55.3. The molecule has 0 fully saturated rings. The number of carbonyl (C=O) groups is 3. The van der Waals surface area contributed by atoms with Crippen molar-refractivity contribution in [2.75, 3.05) is 13.2 Å². The molecule has 0 bridgehead atoms. The monoisotopic (exact) mass is 819 g/mol. The van der Waals surface area contributed by atoms with Gasteiger partial charge in [-0.3, -0.25) is 14.4 Å². The summed E-state index contributed by atoms with van der Waals surface area (Å²) in [4.78, 5) is 37.8. The largest absolute Gasteiger partial charge is 0.462 e. The topological polar surface area (TPSA) is 78.9 Å². The Morgan fingerprint density at radius 2 is 0.661 bits per heavy atom. The molecule has 1 unspecified atom stereocenters. The predicted octanol–water partition coefficient (Wildman–Crippen LogP) is 15.4. The first-order valence-electron chi connectivity index (χ1n) is 23.8. The van der Waals surface area contributed by atoms with Gasteiger partial charge in [-0.15, -0.1) is 0 Å². The van der Waals surface area contributed by atoms with Gasteiger partial charge in [-0.05, 0) is 57.8 Å². The van der Waals surface area contributed by atoms with Crippen LogP contribution in [0.15, 0.2) is 97.2 Å². The van der Waals surface area contributed by atoms with Gasteiger partial charge in [0.2, 0.25) is 0 Å². The van der Waals surface area contributed by atoms with E-state index >= 15 is 0 Å². The Morgan fingerprint density at radius 1 is 0.356 bits per heavy atom. The Balaban J connectivity index is 4.48. The first-order chi connectivity index (χ1) is 29.0. The second-order valence-corrected chi connectivity index (χ2v) is 15.4. The van der Waals surface area contributed by atoms with Gasteiger partial charge in [0.1, 0.15) is 13.2 Å². The van der Waals surface area contributed by atoms with E-state index < -0.39 is 6.10 Å². The maximum Gasteiger partial charge on any atom is 0.306 e. The Bertz CT molecular complexity index is 1220. The molecule has 59 heavy (non-hydrogen) atoms. The van der Waals surface area contributed by atoms with Gasteiger partial charge in [-0.2, -0.15) is 0 Å². The van der Waals surface area contributed by atoms with Crippen molar-refractivity contribution in [3.8, 4) is 0 Å². The fraction of sp³-hybridized carbons (Fsp3) is 0.642. The Morgan fingerprint density at radius 3 is 1.03 bits per heavy atom. The summed E-state index contributed by atoms with van der Waals surface area (Å²) in [5, 5.41) is 0. The molecule has 0 aliphatic heterocycles. The van der Waals surface area contributed by atoms with Crippen molar-refractivity contribution in [1.82, 2.24) is 0 Å². The molecule has 0 radical (unpaired) electrons. The number of ether oxygens (including phenoxy) is 3. The average Bonchev–Trinajstić information content (AvgIpc) is 3.23. The van der Waals surface area contributed by atoms with E-state index in [0.29, 0.717) is 19.3 Å². The van der Waals surface area contributed by atoms with Crippen LogP contribution in [0.25, 0.3) is 0 Å². The molecule has 1 atom stereocenters. The highest BCUT2D eigenvalue weighted by Crippen LogP contribution is 2.14. The molecule has 334 valence electrons. The fourth-order valence-electron chi connectivity index (χ4n) is 6.23. The molecule has 0 rings (SSSR count). The third-order valence-corrected chi connectivity index (χ3v) is 9.77. The van der Waals surface area contributed by atoms with Crippen LogP contribution in [0.1, 0.15) is 201 Å². The number of unbranched alkanes of at least 4 members (excludes halogenated alkanes) is 20. The van der Waals surface area contributed by atoms with Crippen LogP contribution in [0.2, 0.25) is 0 Å². The zero-order valence-corrected chi connectivity index (χ0v) is 38.0. The summed E-state index contributed by atoms with van der Waals surface area (Å²) in [5.74, 6) is -0.950. The van der Waals surface area contributed by atoms with Gasteiger partial charge < -0.3 is 14.2 Å². The van der Waals surface area contributed by atoms with E-state index in [9.17, 15) is 14.4 Å². The lowest BCUT2D eigenvalue weighted by Crippen LogP contribution is -2.30. The van der Waals surface area contributed by atoms with Gasteiger partial charge in [0.15, 0.2) is 6.10 Å². The molecule has 0 saturated carbocycles. The van der Waals surface area contributed by atoms with Crippen LogP contribution in [-0.4, -0.2) is 37.2 Å². The van der Waals surface area contributed by atoms with E-state index in [0.717, 1.165) is 109 Å². The van der Waals surface area contributed by atoms with Crippen LogP contribution >= 0.6 is 0 Å². The molecule has 0 N–H and O–H groups in total. The number of rotatable bonds is 41. The summed E-state index contributed by atoms with van der Waals surface area (Å²) >= 11 is 0. The lowest BCUT2D eigenvalue weighted by atomic mass is 10.1. The normalized spacial score (nSPS) is 12.9. The molecule has 0 saturated heterocycles. The summed E-state index contributed by atoms with van der Waals surface area (Å²) in [6.07, 6.45) is 60.9. The average molecular weight is 819 g/mol. The van der Waals surface area contributed by atoms with Gasteiger partial charge >= 0.3 is 17.9 Å². The van der Waals surface area contributed by atoms with E-state index in [1.807, 2.05) is 48.6 Å². The number of allylic oxidation sites excluding steroid dienone is 16. The number of hydrogen-bond donors (Lipinski definition) is 0. The van der Waals surface area contributed by atoms with Gasteiger partial charge in [0, 0.05) is 19.3 Å². The zero-order valence-electron chi connectivity index (χ0n) is 38.0. The maximum atomic E-state index is 12.8. The van der Waals surface area contributed by atoms with Crippen LogP contribution in [0.4, 0.5) is 0 Å². The van der Waals surface area contributed by atoms with Gasteiger partial charge in [-0.1, -0.05) is 221 Å². The van der Waals surface area contributed by atoms with Gasteiger partial charge in [0.25, 0.3) is 0 Å². The molecule has 0 heterocycles. The highest BCUT2D eigenvalue weighted by molar-refractivity contribution is 5.71. The minimum Gasteiger partial charge on any atom is -0.462 e. The molecule has 0 aliphatic rings. The van der Waals surface area contributed by atoms with E-state index in [2.05, 4.69) is 69.4 Å². The highest BCUT2D eigenvalue weighted by Gasteiger charge is 2.19. The zero-order chi connectivity index (χ0) is 43.0. The van der Waals surface area contributed by atoms with Crippen LogP contribution in [-0.2, 0) is 28.6 Å². The van der Waals surface area contributed by atoms with Gasteiger partial charge in [0.05, 0.1) is 0 Å². The molecule has 0 spiro atoms. The Kier molecular flexibility index (Phi) is 44.1. The maximum absolute atomic E-state index is 12.8. The number of hydrogen-bond acceptors (Lipinski definition) is 6. The molecule has 0 aromatic carbocycles. The molecular formula is C53H86O6. The number of carbonyl (C=O) groups excluding carboxylic acids is 3. The predicted molar refractivity (Wildman–Crippen MR) is 251 cm³/mol. The Labute approximate surface area is 362 Å². The summed E-state index contributed by atoms with van der Waals surface area (Å²) in [6, 6.07) is 0. The fourth-order valence-corrected chi connectivity index (χ4v) is 6.23.